The first-order valence-electron chi connectivity index (χ1n) is 6.40. The van der Waals surface area contributed by atoms with Crippen molar-refractivity contribution in [3.63, 3.8) is 0 Å². The van der Waals surface area contributed by atoms with E-state index in [1.807, 2.05) is 24.3 Å². The van der Waals surface area contributed by atoms with E-state index in [2.05, 4.69) is 21.2 Å². The molecule has 0 aromatic heterocycles. The Balaban J connectivity index is 1.82. The maximum Gasteiger partial charge on any atom is 0.311 e. The van der Waals surface area contributed by atoms with E-state index in [9.17, 15) is 9.59 Å². The number of aliphatic carboxylic acids is 1. The van der Waals surface area contributed by atoms with Gasteiger partial charge in [0.1, 0.15) is 5.92 Å². The maximum absolute atomic E-state index is 11.9. The summed E-state index contributed by atoms with van der Waals surface area (Å²) in [7, 11) is 0. The second-order valence-electron chi connectivity index (χ2n) is 4.79. The number of carbonyl (C=O) groups is 2. The predicted molar refractivity (Wildman–Crippen MR) is 76.3 cm³/mol. The summed E-state index contributed by atoms with van der Waals surface area (Å²) in [5.74, 6) is -1.73. The van der Waals surface area contributed by atoms with Crippen LogP contribution in [0.3, 0.4) is 0 Å². The molecule has 0 aliphatic carbocycles. The standard InChI is InChI=1S/C14H16BrNO4/c15-10-3-1-2-9(6-10)4-5-13(17)16-12-8-20-7-11(12)14(18)19/h1-3,6,11-12H,4-5,7-8H2,(H,16,17)(H,18,19). The average Bonchev–Trinajstić information content (AvgIpc) is 2.85. The summed E-state index contributed by atoms with van der Waals surface area (Å²) >= 11 is 3.38. The van der Waals surface area contributed by atoms with Gasteiger partial charge in [-0.25, -0.2) is 0 Å². The van der Waals surface area contributed by atoms with Crippen molar-refractivity contribution in [1.29, 1.82) is 0 Å². The highest BCUT2D eigenvalue weighted by Crippen LogP contribution is 2.15. The zero-order valence-electron chi connectivity index (χ0n) is 10.8. The van der Waals surface area contributed by atoms with Gasteiger partial charge < -0.3 is 15.2 Å². The Labute approximate surface area is 125 Å². The molecule has 0 bridgehead atoms. The summed E-state index contributed by atoms with van der Waals surface area (Å²) in [5, 5.41) is 11.7. The predicted octanol–water partition coefficient (Wildman–Crippen LogP) is 1.60. The summed E-state index contributed by atoms with van der Waals surface area (Å²) < 4.78 is 6.09. The second-order valence-corrected chi connectivity index (χ2v) is 5.70. The van der Waals surface area contributed by atoms with Crippen molar-refractivity contribution < 1.29 is 19.4 Å². The number of benzene rings is 1. The number of nitrogens with one attached hydrogen (secondary N) is 1. The van der Waals surface area contributed by atoms with Gasteiger partial charge >= 0.3 is 5.97 Å². The molecule has 2 atom stereocenters. The van der Waals surface area contributed by atoms with Crippen molar-refractivity contribution in [1.82, 2.24) is 5.32 Å². The molecule has 108 valence electrons. The van der Waals surface area contributed by atoms with Crippen molar-refractivity contribution in [3.8, 4) is 0 Å². The Morgan fingerprint density at radius 1 is 1.40 bits per heavy atom. The van der Waals surface area contributed by atoms with Gasteiger partial charge in [-0.3, -0.25) is 9.59 Å². The first-order chi connectivity index (χ1) is 9.56. The molecule has 1 amide bonds. The second kappa shape index (κ2) is 6.85. The van der Waals surface area contributed by atoms with Gasteiger partial charge in [-0.1, -0.05) is 28.1 Å². The number of amides is 1. The van der Waals surface area contributed by atoms with E-state index in [4.69, 9.17) is 9.84 Å². The van der Waals surface area contributed by atoms with E-state index in [1.165, 1.54) is 0 Å². The molecule has 1 aromatic rings. The Hall–Kier alpha value is -1.40. The number of carbonyl (C=O) groups excluding carboxylic acids is 1. The molecule has 1 heterocycles. The van der Waals surface area contributed by atoms with Gasteiger partial charge in [-0.15, -0.1) is 0 Å². The van der Waals surface area contributed by atoms with Gasteiger partial charge in [0.15, 0.2) is 0 Å². The van der Waals surface area contributed by atoms with E-state index in [0.29, 0.717) is 12.8 Å². The molecule has 0 saturated carbocycles. The van der Waals surface area contributed by atoms with Gasteiger partial charge in [0.05, 0.1) is 19.3 Å². The third kappa shape index (κ3) is 4.05. The van der Waals surface area contributed by atoms with Crippen LogP contribution in [0.5, 0.6) is 0 Å². The van der Waals surface area contributed by atoms with E-state index in [-0.39, 0.29) is 19.1 Å². The van der Waals surface area contributed by atoms with Crippen LogP contribution in [0.25, 0.3) is 0 Å². The lowest BCUT2D eigenvalue weighted by Crippen LogP contribution is -2.42. The lowest BCUT2D eigenvalue weighted by atomic mass is 10.0. The van der Waals surface area contributed by atoms with Crippen molar-refractivity contribution in [2.24, 2.45) is 5.92 Å². The van der Waals surface area contributed by atoms with Crippen LogP contribution in [0.1, 0.15) is 12.0 Å². The number of carboxylic acids is 1. The number of aryl methyl sites for hydroxylation is 1. The fraction of sp³-hybridized carbons (Fsp3) is 0.429. The number of hydrogen-bond donors (Lipinski definition) is 2. The van der Waals surface area contributed by atoms with Crippen LogP contribution >= 0.6 is 15.9 Å². The van der Waals surface area contributed by atoms with Gasteiger partial charge in [0.25, 0.3) is 0 Å². The number of carboxylic acid groups (broad SMARTS) is 1. The highest BCUT2D eigenvalue weighted by Gasteiger charge is 2.34. The Kier molecular flexibility index (Phi) is 5.14. The van der Waals surface area contributed by atoms with Crippen LogP contribution in [0.15, 0.2) is 28.7 Å². The van der Waals surface area contributed by atoms with Crippen molar-refractivity contribution in [2.75, 3.05) is 13.2 Å². The highest BCUT2D eigenvalue weighted by atomic mass is 79.9. The summed E-state index contributed by atoms with van der Waals surface area (Å²) in [6.07, 6.45) is 0.954. The van der Waals surface area contributed by atoms with E-state index in [0.717, 1.165) is 10.0 Å². The van der Waals surface area contributed by atoms with Gasteiger partial charge in [-0.2, -0.15) is 0 Å². The van der Waals surface area contributed by atoms with Crippen LogP contribution < -0.4 is 5.32 Å². The molecule has 2 rings (SSSR count). The van der Waals surface area contributed by atoms with Crippen molar-refractivity contribution in [2.45, 2.75) is 18.9 Å². The minimum absolute atomic E-state index is 0.147. The minimum atomic E-state index is -0.931. The lowest BCUT2D eigenvalue weighted by molar-refractivity contribution is -0.142. The van der Waals surface area contributed by atoms with Gasteiger partial charge in [0, 0.05) is 10.9 Å². The number of halogens is 1. The van der Waals surface area contributed by atoms with Crippen LogP contribution in [-0.4, -0.2) is 36.2 Å². The molecule has 1 saturated heterocycles. The molecule has 6 heteroatoms. The molecule has 5 nitrogen and oxygen atoms in total. The Morgan fingerprint density at radius 3 is 2.90 bits per heavy atom. The third-order valence-corrected chi connectivity index (χ3v) is 3.77. The largest absolute Gasteiger partial charge is 0.481 e. The highest BCUT2D eigenvalue weighted by molar-refractivity contribution is 9.10. The van der Waals surface area contributed by atoms with E-state index >= 15 is 0 Å². The molecule has 0 spiro atoms. The van der Waals surface area contributed by atoms with Gasteiger partial charge in [0.2, 0.25) is 5.91 Å². The van der Waals surface area contributed by atoms with Gasteiger partial charge in [-0.05, 0) is 24.1 Å². The third-order valence-electron chi connectivity index (χ3n) is 3.27. The van der Waals surface area contributed by atoms with Crippen LogP contribution in [0.4, 0.5) is 0 Å². The zero-order chi connectivity index (χ0) is 14.5. The molecular formula is C14H16BrNO4. The SMILES string of the molecule is O=C(CCc1cccc(Br)c1)NC1COCC1C(=O)O. The first kappa shape index (κ1) is 15.0. The smallest absolute Gasteiger partial charge is 0.311 e. The van der Waals surface area contributed by atoms with E-state index in [1.54, 1.807) is 0 Å². The Bertz CT molecular complexity index is 506. The average molecular weight is 342 g/mol. The molecule has 2 N–H and O–H groups in total. The summed E-state index contributed by atoms with van der Waals surface area (Å²) in [4.78, 5) is 22.8. The van der Waals surface area contributed by atoms with Crippen LogP contribution in [0.2, 0.25) is 0 Å². The quantitative estimate of drug-likeness (QED) is 0.852. The number of hydrogen-bond acceptors (Lipinski definition) is 3. The van der Waals surface area contributed by atoms with Crippen molar-refractivity contribution >= 4 is 27.8 Å². The lowest BCUT2D eigenvalue weighted by Gasteiger charge is -2.15. The fourth-order valence-electron chi connectivity index (χ4n) is 2.17. The number of rotatable bonds is 5. The fourth-order valence-corrected chi connectivity index (χ4v) is 2.62. The molecule has 0 radical (unpaired) electrons. The monoisotopic (exact) mass is 341 g/mol. The first-order valence-corrected chi connectivity index (χ1v) is 7.20. The molecule has 1 aliphatic rings. The maximum atomic E-state index is 11.9. The minimum Gasteiger partial charge on any atom is -0.481 e. The summed E-state index contributed by atoms with van der Waals surface area (Å²) in [5.41, 5.74) is 1.06. The zero-order valence-corrected chi connectivity index (χ0v) is 12.4. The molecule has 1 aromatic carbocycles. The normalized spacial score (nSPS) is 21.6. The molecule has 1 aliphatic heterocycles. The molecule has 2 unspecified atom stereocenters. The summed E-state index contributed by atoms with van der Waals surface area (Å²) in [6, 6.07) is 7.34. The summed E-state index contributed by atoms with van der Waals surface area (Å²) in [6.45, 7) is 0.422. The molecular weight excluding hydrogens is 326 g/mol. The Morgan fingerprint density at radius 2 is 2.20 bits per heavy atom. The van der Waals surface area contributed by atoms with Crippen LogP contribution in [0, 0.1) is 5.92 Å². The topological polar surface area (TPSA) is 75.6 Å². The number of ether oxygens (including phenoxy) is 1. The van der Waals surface area contributed by atoms with Crippen LogP contribution in [-0.2, 0) is 20.7 Å². The molecule has 20 heavy (non-hydrogen) atoms. The van der Waals surface area contributed by atoms with E-state index < -0.39 is 17.9 Å². The van der Waals surface area contributed by atoms with Crippen molar-refractivity contribution in [3.05, 3.63) is 34.3 Å². The molecule has 1 fully saturated rings.